The molecule has 1 aliphatic rings. The molecule has 0 bridgehead atoms. The van der Waals surface area contributed by atoms with Gasteiger partial charge in [0, 0.05) is 36.8 Å². The number of likely N-dealkylation sites (tertiary alicyclic amines) is 1. The first-order valence-corrected chi connectivity index (χ1v) is 10.2. The number of likely N-dealkylation sites (N-methyl/N-ethyl adjacent to an activating group) is 1. The number of benzene rings is 2. The first-order valence-electron chi connectivity index (χ1n) is 10.2. The smallest absolute Gasteiger partial charge is 0.253 e. The zero-order chi connectivity index (χ0) is 20.1. The van der Waals surface area contributed by atoms with Gasteiger partial charge in [0.2, 0.25) is 0 Å². The molecule has 1 N–H and O–H groups in total. The maximum Gasteiger partial charge on any atom is 0.253 e. The first-order chi connectivity index (χ1) is 14.2. The zero-order valence-corrected chi connectivity index (χ0v) is 16.8. The van der Waals surface area contributed by atoms with Crippen LogP contribution in [0.3, 0.4) is 0 Å². The molecule has 0 radical (unpaired) electrons. The molecule has 0 saturated carbocycles. The maximum absolute atomic E-state index is 12.9. The predicted octanol–water partition coefficient (Wildman–Crippen LogP) is 3.25. The Kier molecular flexibility index (Phi) is 6.00. The Labute approximate surface area is 171 Å². The van der Waals surface area contributed by atoms with Gasteiger partial charge in [0.15, 0.2) is 5.82 Å². The van der Waals surface area contributed by atoms with E-state index in [9.17, 15) is 4.79 Å². The molecule has 0 spiro atoms. The molecule has 0 unspecified atom stereocenters. The second kappa shape index (κ2) is 9.01. The summed E-state index contributed by atoms with van der Waals surface area (Å²) >= 11 is 0. The molecule has 1 fully saturated rings. The van der Waals surface area contributed by atoms with E-state index in [1.54, 1.807) is 6.33 Å². The lowest BCUT2D eigenvalue weighted by atomic mass is 10.0. The van der Waals surface area contributed by atoms with Gasteiger partial charge in [-0.2, -0.15) is 5.10 Å². The lowest BCUT2D eigenvalue weighted by Gasteiger charge is -2.37. The number of aromatic nitrogens is 3. The minimum absolute atomic E-state index is 0.108. The zero-order valence-electron chi connectivity index (χ0n) is 16.8. The normalized spacial score (nSPS) is 15.0. The van der Waals surface area contributed by atoms with E-state index in [1.807, 2.05) is 29.2 Å². The fourth-order valence-electron chi connectivity index (χ4n) is 3.93. The van der Waals surface area contributed by atoms with Crippen LogP contribution in [0.5, 0.6) is 0 Å². The van der Waals surface area contributed by atoms with Crippen LogP contribution in [0.2, 0.25) is 0 Å². The lowest BCUT2D eigenvalue weighted by Crippen LogP contribution is -2.46. The number of amides is 1. The van der Waals surface area contributed by atoms with E-state index in [1.165, 1.54) is 5.56 Å². The largest absolute Gasteiger partial charge is 0.339 e. The number of H-pyrrole nitrogens is 1. The number of hydrogen-bond donors (Lipinski definition) is 1. The Hall–Kier alpha value is -2.99. The molecule has 1 aromatic heterocycles. The number of nitrogens with zero attached hydrogens (tertiary/aromatic N) is 4. The number of piperidine rings is 1. The van der Waals surface area contributed by atoms with Crippen LogP contribution in [0.15, 0.2) is 60.9 Å². The maximum atomic E-state index is 12.9. The van der Waals surface area contributed by atoms with Gasteiger partial charge in [-0.3, -0.25) is 9.89 Å². The molecular weight excluding hydrogens is 362 g/mol. The van der Waals surface area contributed by atoms with Crippen LogP contribution in [0.25, 0.3) is 11.4 Å². The number of rotatable bonds is 6. The van der Waals surface area contributed by atoms with Gasteiger partial charge in [-0.25, -0.2) is 4.98 Å². The van der Waals surface area contributed by atoms with Crippen molar-refractivity contribution in [1.29, 1.82) is 0 Å². The number of carbonyl (C=O) groups is 1. The predicted molar refractivity (Wildman–Crippen MR) is 114 cm³/mol. The van der Waals surface area contributed by atoms with Crippen LogP contribution in [0.1, 0.15) is 28.8 Å². The quantitative estimate of drug-likeness (QED) is 0.703. The van der Waals surface area contributed by atoms with Crippen LogP contribution in [0, 0.1) is 0 Å². The first kappa shape index (κ1) is 19.3. The third-order valence-electron chi connectivity index (χ3n) is 5.78. The Morgan fingerprint density at radius 3 is 2.48 bits per heavy atom. The van der Waals surface area contributed by atoms with Gasteiger partial charge >= 0.3 is 0 Å². The highest BCUT2D eigenvalue weighted by molar-refractivity contribution is 5.94. The summed E-state index contributed by atoms with van der Waals surface area (Å²) in [5.41, 5.74) is 3.00. The van der Waals surface area contributed by atoms with Gasteiger partial charge in [0.1, 0.15) is 6.33 Å². The summed E-state index contributed by atoms with van der Waals surface area (Å²) in [5, 5.41) is 6.78. The molecule has 2 heterocycles. The minimum Gasteiger partial charge on any atom is -0.339 e. The van der Waals surface area contributed by atoms with Gasteiger partial charge in [-0.1, -0.05) is 42.5 Å². The Balaban J connectivity index is 1.28. The van der Waals surface area contributed by atoms with Crippen LogP contribution in [-0.4, -0.2) is 63.6 Å². The Bertz CT molecular complexity index is 900. The van der Waals surface area contributed by atoms with Crippen LogP contribution in [-0.2, 0) is 6.42 Å². The summed E-state index contributed by atoms with van der Waals surface area (Å²) in [4.78, 5) is 21.4. The second-order valence-corrected chi connectivity index (χ2v) is 7.64. The van der Waals surface area contributed by atoms with Crippen LogP contribution >= 0.6 is 0 Å². The molecule has 29 heavy (non-hydrogen) atoms. The molecule has 4 rings (SSSR count). The van der Waals surface area contributed by atoms with Gasteiger partial charge < -0.3 is 9.80 Å². The monoisotopic (exact) mass is 389 g/mol. The highest BCUT2D eigenvalue weighted by Crippen LogP contribution is 2.20. The highest BCUT2D eigenvalue weighted by atomic mass is 16.2. The van der Waals surface area contributed by atoms with E-state index in [0.29, 0.717) is 11.9 Å². The van der Waals surface area contributed by atoms with Crippen molar-refractivity contribution < 1.29 is 4.79 Å². The third kappa shape index (κ3) is 4.71. The summed E-state index contributed by atoms with van der Waals surface area (Å²) in [6.07, 6.45) is 4.65. The summed E-state index contributed by atoms with van der Waals surface area (Å²) in [6, 6.07) is 18.7. The van der Waals surface area contributed by atoms with E-state index in [2.05, 4.69) is 57.5 Å². The van der Waals surface area contributed by atoms with E-state index in [0.717, 1.165) is 50.0 Å². The van der Waals surface area contributed by atoms with Crippen LogP contribution in [0.4, 0.5) is 0 Å². The summed E-state index contributed by atoms with van der Waals surface area (Å²) in [6.45, 7) is 2.66. The number of nitrogens with one attached hydrogen (secondary N) is 1. The van der Waals surface area contributed by atoms with E-state index >= 15 is 0 Å². The lowest BCUT2D eigenvalue weighted by molar-refractivity contribution is 0.0647. The minimum atomic E-state index is 0.108. The molecule has 1 amide bonds. The summed E-state index contributed by atoms with van der Waals surface area (Å²) < 4.78 is 0. The molecular formula is C23H27N5O. The van der Waals surface area contributed by atoms with Gasteiger partial charge in [0.05, 0.1) is 0 Å². The molecule has 6 nitrogen and oxygen atoms in total. The Morgan fingerprint density at radius 1 is 1.10 bits per heavy atom. The van der Waals surface area contributed by atoms with Crippen molar-refractivity contribution in [3.8, 4) is 11.4 Å². The third-order valence-corrected chi connectivity index (χ3v) is 5.78. The fourth-order valence-corrected chi connectivity index (χ4v) is 3.93. The molecule has 1 saturated heterocycles. The number of carbonyl (C=O) groups excluding carboxylic acids is 1. The summed E-state index contributed by atoms with van der Waals surface area (Å²) in [5.74, 6) is 0.750. The van der Waals surface area contributed by atoms with E-state index in [-0.39, 0.29) is 5.91 Å². The molecule has 6 heteroatoms. The van der Waals surface area contributed by atoms with Gasteiger partial charge in [-0.05, 0) is 44.0 Å². The van der Waals surface area contributed by atoms with E-state index < -0.39 is 0 Å². The van der Waals surface area contributed by atoms with Crippen molar-refractivity contribution in [3.05, 3.63) is 72.1 Å². The molecule has 0 aliphatic carbocycles. The van der Waals surface area contributed by atoms with E-state index in [4.69, 9.17) is 0 Å². The second-order valence-electron chi connectivity index (χ2n) is 7.64. The molecule has 3 aromatic rings. The summed E-state index contributed by atoms with van der Waals surface area (Å²) in [7, 11) is 2.20. The average Bonchev–Trinajstić information content (AvgIpc) is 3.33. The highest BCUT2D eigenvalue weighted by Gasteiger charge is 2.25. The van der Waals surface area contributed by atoms with Gasteiger partial charge in [0.25, 0.3) is 5.91 Å². The Morgan fingerprint density at radius 2 is 1.83 bits per heavy atom. The van der Waals surface area contributed by atoms with Crippen molar-refractivity contribution in [3.63, 3.8) is 0 Å². The molecule has 150 valence electrons. The molecule has 1 aliphatic heterocycles. The average molecular weight is 390 g/mol. The van der Waals surface area contributed by atoms with Crippen molar-refractivity contribution in [2.45, 2.75) is 25.3 Å². The fraction of sp³-hybridized carbons (Fsp3) is 0.348. The standard InChI is InChI=1S/C23H27N5O/c1-27(14-11-18-5-3-2-4-6-18)21-12-15-28(16-13-21)23(29)20-9-7-19(8-10-20)22-24-17-25-26-22/h2-10,17,21H,11-16H2,1H3,(H,24,25,26). The van der Waals surface area contributed by atoms with Crippen LogP contribution < -0.4 is 0 Å². The number of aromatic amines is 1. The number of hydrogen-bond acceptors (Lipinski definition) is 4. The molecule has 2 aromatic carbocycles. The van der Waals surface area contributed by atoms with Crippen molar-refractivity contribution >= 4 is 5.91 Å². The van der Waals surface area contributed by atoms with Crippen molar-refractivity contribution in [2.24, 2.45) is 0 Å². The molecule has 0 atom stereocenters. The SMILES string of the molecule is CN(CCc1ccccc1)C1CCN(C(=O)c2ccc(-c3nc[nH]n3)cc2)CC1. The van der Waals surface area contributed by atoms with Crippen molar-refractivity contribution in [1.82, 2.24) is 25.0 Å². The topological polar surface area (TPSA) is 65.1 Å². The van der Waals surface area contributed by atoms with Gasteiger partial charge in [-0.15, -0.1) is 0 Å². The van der Waals surface area contributed by atoms with Crippen molar-refractivity contribution in [2.75, 3.05) is 26.7 Å².